The third-order valence-electron chi connectivity index (χ3n) is 4.12. The van der Waals surface area contributed by atoms with Crippen LogP contribution in [-0.4, -0.2) is 44.2 Å². The monoisotopic (exact) mass is 429 g/mol. The van der Waals surface area contributed by atoms with Gasteiger partial charge in [0.2, 0.25) is 11.9 Å². The number of hydrogen-bond acceptors (Lipinski definition) is 7. The van der Waals surface area contributed by atoms with Gasteiger partial charge in [-0.05, 0) is 6.07 Å². The number of benzene rings is 2. The quantitative estimate of drug-likeness (QED) is 0.461. The summed E-state index contributed by atoms with van der Waals surface area (Å²) in [5.41, 5.74) is 3.83. The number of nitrogens with one attached hydrogen (secondary N) is 3. The number of guanidine groups is 1. The molecule has 0 saturated heterocycles. The second-order valence-electron chi connectivity index (χ2n) is 6.23. The minimum Gasteiger partial charge on any atom is -0.497 e. The van der Waals surface area contributed by atoms with Crippen molar-refractivity contribution in [3.8, 4) is 11.5 Å². The number of ether oxygens (including phenoxy) is 2. The minimum atomic E-state index is -0.865. The zero-order valence-electron chi connectivity index (χ0n) is 16.3. The number of carbonyl (C=O) groups is 2. The van der Waals surface area contributed by atoms with Crippen molar-refractivity contribution in [3.05, 3.63) is 53.1 Å². The molecule has 0 bridgehead atoms. The molecule has 156 valence electrons. The number of halogens is 1. The Kier molecular flexibility index (Phi) is 6.87. The number of rotatable bonds is 7. The molecule has 2 aromatic carbocycles. The van der Waals surface area contributed by atoms with E-state index in [1.165, 1.54) is 20.4 Å². The molecule has 0 unspecified atom stereocenters. The summed E-state index contributed by atoms with van der Waals surface area (Å²) in [4.78, 5) is 28.6. The summed E-state index contributed by atoms with van der Waals surface area (Å²) in [7, 11) is 3.03. The molecule has 0 aromatic heterocycles. The molecule has 2 aromatic rings. The number of nitrogens with zero attached hydrogens (tertiary/aromatic N) is 2. The van der Waals surface area contributed by atoms with Crippen molar-refractivity contribution in [2.45, 2.75) is 12.5 Å². The summed E-state index contributed by atoms with van der Waals surface area (Å²) in [6.07, 6.45) is 1.37. The molecule has 1 aliphatic rings. The van der Waals surface area contributed by atoms with Crippen molar-refractivity contribution in [3.63, 3.8) is 0 Å². The maximum atomic E-state index is 12.3. The minimum absolute atomic E-state index is 0.134. The van der Waals surface area contributed by atoms with Crippen molar-refractivity contribution in [1.29, 1.82) is 0 Å². The Balaban J connectivity index is 1.58. The van der Waals surface area contributed by atoms with Crippen LogP contribution in [0, 0.1) is 0 Å². The number of aliphatic imine (C=N–C) groups is 1. The first kappa shape index (κ1) is 21.1. The Hall–Kier alpha value is -3.59. The Morgan fingerprint density at radius 3 is 2.60 bits per heavy atom. The van der Waals surface area contributed by atoms with Gasteiger partial charge in [-0.15, -0.1) is 0 Å². The van der Waals surface area contributed by atoms with Crippen LogP contribution in [0.15, 0.2) is 52.6 Å². The van der Waals surface area contributed by atoms with Gasteiger partial charge in [-0.2, -0.15) is 5.10 Å². The van der Waals surface area contributed by atoms with Gasteiger partial charge in [0.25, 0.3) is 5.91 Å². The number of hydrazone groups is 1. The second-order valence-corrected chi connectivity index (χ2v) is 6.64. The summed E-state index contributed by atoms with van der Waals surface area (Å²) >= 11 is 6.05. The molecule has 1 aliphatic heterocycles. The van der Waals surface area contributed by atoms with E-state index in [4.69, 9.17) is 21.1 Å². The van der Waals surface area contributed by atoms with Crippen molar-refractivity contribution in [1.82, 2.24) is 10.7 Å². The maximum absolute atomic E-state index is 12.3. The zero-order chi connectivity index (χ0) is 21.5. The predicted molar refractivity (Wildman–Crippen MR) is 114 cm³/mol. The average Bonchev–Trinajstić information content (AvgIpc) is 3.07. The van der Waals surface area contributed by atoms with Gasteiger partial charge >= 0.3 is 0 Å². The lowest BCUT2D eigenvalue weighted by atomic mass is 10.2. The molecule has 3 N–H and O–H groups in total. The largest absolute Gasteiger partial charge is 0.497 e. The molecule has 1 heterocycles. The average molecular weight is 430 g/mol. The van der Waals surface area contributed by atoms with E-state index in [9.17, 15) is 9.59 Å². The van der Waals surface area contributed by atoms with Crippen LogP contribution in [0.1, 0.15) is 12.0 Å². The maximum Gasteiger partial charge on any atom is 0.252 e. The zero-order valence-corrected chi connectivity index (χ0v) is 17.1. The molecular weight excluding hydrogens is 410 g/mol. The lowest BCUT2D eigenvalue weighted by Crippen LogP contribution is -2.35. The number of carbonyl (C=O) groups excluding carboxylic acids is 2. The Bertz CT molecular complexity index is 986. The highest BCUT2D eigenvalue weighted by Gasteiger charge is 2.28. The first-order valence-electron chi connectivity index (χ1n) is 8.93. The smallest absolute Gasteiger partial charge is 0.252 e. The van der Waals surface area contributed by atoms with Crippen LogP contribution in [0.5, 0.6) is 11.5 Å². The molecule has 9 nitrogen and oxygen atoms in total. The van der Waals surface area contributed by atoms with Gasteiger partial charge in [0.05, 0.1) is 26.9 Å². The van der Waals surface area contributed by atoms with E-state index >= 15 is 0 Å². The van der Waals surface area contributed by atoms with Crippen LogP contribution in [-0.2, 0) is 9.59 Å². The lowest BCUT2D eigenvalue weighted by Gasteiger charge is -2.10. The van der Waals surface area contributed by atoms with Crippen molar-refractivity contribution in [2.75, 3.05) is 19.5 Å². The summed E-state index contributed by atoms with van der Waals surface area (Å²) in [5, 5.41) is 9.81. The molecule has 0 fully saturated rings. The SMILES string of the molecule is COc1cc(NC(=O)C[C@@H]2N=C(N/N=C\c3ccccc3Cl)NC2=O)cc(OC)c1. The molecule has 3 rings (SSSR count). The standard InChI is InChI=1S/C20H20ClN5O4/c1-29-14-7-13(8-15(9-14)30-2)23-18(27)10-17-19(28)25-20(24-17)26-22-11-12-5-3-4-6-16(12)21/h3-9,11,17H,10H2,1-2H3,(H,23,27)(H2,24,25,26,28)/b22-11-/t17-/m0/s1. The van der Waals surface area contributed by atoms with Crippen molar-refractivity contribution < 1.29 is 19.1 Å². The third kappa shape index (κ3) is 5.48. The fraction of sp³-hybridized carbons (Fsp3) is 0.200. The normalized spacial score (nSPS) is 15.5. The van der Waals surface area contributed by atoms with E-state index in [0.717, 1.165) is 0 Å². The van der Waals surface area contributed by atoms with E-state index in [-0.39, 0.29) is 18.3 Å². The first-order valence-corrected chi connectivity index (χ1v) is 9.31. The molecule has 0 saturated carbocycles. The van der Waals surface area contributed by atoms with E-state index in [1.807, 2.05) is 12.1 Å². The Labute approximate surface area is 178 Å². The Morgan fingerprint density at radius 1 is 1.23 bits per heavy atom. The van der Waals surface area contributed by atoms with Gasteiger partial charge in [-0.25, -0.2) is 10.4 Å². The summed E-state index contributed by atoms with van der Waals surface area (Å²) in [6, 6.07) is 11.3. The van der Waals surface area contributed by atoms with Crippen molar-refractivity contribution in [2.24, 2.45) is 10.1 Å². The van der Waals surface area contributed by atoms with E-state index in [1.54, 1.807) is 30.3 Å². The molecule has 0 radical (unpaired) electrons. The van der Waals surface area contributed by atoms with Crippen molar-refractivity contribution >= 4 is 41.3 Å². The fourth-order valence-corrected chi connectivity index (χ4v) is 2.84. The van der Waals surface area contributed by atoms with Gasteiger partial charge in [0, 0.05) is 34.5 Å². The highest BCUT2D eigenvalue weighted by Crippen LogP contribution is 2.26. The molecule has 0 spiro atoms. The number of methoxy groups -OCH3 is 2. The third-order valence-corrected chi connectivity index (χ3v) is 4.47. The van der Waals surface area contributed by atoms with Crippen LogP contribution in [0.4, 0.5) is 5.69 Å². The van der Waals surface area contributed by atoms with Gasteiger partial charge < -0.3 is 14.8 Å². The molecule has 30 heavy (non-hydrogen) atoms. The molecular formula is C20H20ClN5O4. The van der Waals surface area contributed by atoms with Gasteiger partial charge in [-0.3, -0.25) is 14.9 Å². The van der Waals surface area contributed by atoms with Gasteiger partial charge in [-0.1, -0.05) is 29.8 Å². The van der Waals surface area contributed by atoms with E-state index in [0.29, 0.717) is 27.8 Å². The first-order chi connectivity index (χ1) is 14.5. The molecule has 2 amide bonds. The summed E-state index contributed by atoms with van der Waals surface area (Å²) < 4.78 is 10.3. The lowest BCUT2D eigenvalue weighted by molar-refractivity contribution is -0.123. The summed E-state index contributed by atoms with van der Waals surface area (Å²) in [6.45, 7) is 0. The highest BCUT2D eigenvalue weighted by molar-refractivity contribution is 6.33. The van der Waals surface area contributed by atoms with Gasteiger partial charge in [0.1, 0.15) is 17.5 Å². The number of hydrogen-bond donors (Lipinski definition) is 3. The van der Waals surface area contributed by atoms with E-state index in [2.05, 4.69) is 26.2 Å². The fourth-order valence-electron chi connectivity index (χ4n) is 2.65. The van der Waals surface area contributed by atoms with E-state index < -0.39 is 11.9 Å². The topological polar surface area (TPSA) is 113 Å². The second kappa shape index (κ2) is 9.75. The number of anilines is 1. The molecule has 10 heteroatoms. The molecule has 1 atom stereocenters. The van der Waals surface area contributed by atoms with Gasteiger partial charge in [0.15, 0.2) is 0 Å². The summed E-state index contributed by atoms with van der Waals surface area (Å²) in [5.74, 6) is 0.441. The van der Waals surface area contributed by atoms with Crippen LogP contribution >= 0.6 is 11.6 Å². The van der Waals surface area contributed by atoms with Crippen LogP contribution in [0.2, 0.25) is 5.02 Å². The van der Waals surface area contributed by atoms with Crippen LogP contribution in [0.25, 0.3) is 0 Å². The molecule has 0 aliphatic carbocycles. The Morgan fingerprint density at radius 2 is 1.93 bits per heavy atom. The van der Waals surface area contributed by atoms with Crippen LogP contribution in [0.3, 0.4) is 0 Å². The predicted octanol–water partition coefficient (Wildman–Crippen LogP) is 2.16. The highest BCUT2D eigenvalue weighted by atomic mass is 35.5. The van der Waals surface area contributed by atoms with Crippen LogP contribution < -0.4 is 25.5 Å². The number of amides is 2.